The van der Waals surface area contributed by atoms with E-state index in [0.29, 0.717) is 12.1 Å². The van der Waals surface area contributed by atoms with Crippen LogP contribution >= 0.6 is 0 Å². The molecule has 0 spiro atoms. The maximum atomic E-state index is 11.5. The monoisotopic (exact) mass is 224 g/mol. The number of carbonyl (C=O) groups excluding carboxylic acids is 1. The van der Waals surface area contributed by atoms with Crippen LogP contribution in [0.1, 0.15) is 45.4 Å². The number of hydrogen-bond donors (Lipinski definition) is 0. The average molecular weight is 224 g/mol. The van der Waals surface area contributed by atoms with Crippen LogP contribution in [0.3, 0.4) is 0 Å². The highest BCUT2D eigenvalue weighted by Crippen LogP contribution is 2.28. The summed E-state index contributed by atoms with van der Waals surface area (Å²) in [6.07, 6.45) is 7.77. The largest absolute Gasteiger partial charge is 0.341 e. The van der Waals surface area contributed by atoms with Crippen molar-refractivity contribution in [2.75, 3.05) is 20.1 Å². The van der Waals surface area contributed by atoms with E-state index in [0.717, 1.165) is 0 Å². The molecule has 1 aliphatic heterocycles. The van der Waals surface area contributed by atoms with E-state index >= 15 is 0 Å². The molecule has 3 nitrogen and oxygen atoms in total. The lowest BCUT2D eigenvalue weighted by molar-refractivity contribution is -0.131. The third-order valence-corrected chi connectivity index (χ3v) is 4.30. The second kappa shape index (κ2) is 5.17. The lowest BCUT2D eigenvalue weighted by atomic mass is 9.88. The minimum atomic E-state index is 0.219. The van der Waals surface area contributed by atoms with Crippen LogP contribution in [0, 0.1) is 0 Å². The van der Waals surface area contributed by atoms with Crippen molar-refractivity contribution < 1.29 is 4.79 Å². The molecular formula is C13H24N2O. The maximum absolute atomic E-state index is 11.5. The molecule has 92 valence electrons. The zero-order valence-corrected chi connectivity index (χ0v) is 10.6. The van der Waals surface area contributed by atoms with Crippen LogP contribution in [0.25, 0.3) is 0 Å². The van der Waals surface area contributed by atoms with Crippen molar-refractivity contribution in [2.24, 2.45) is 0 Å². The Morgan fingerprint density at radius 1 is 1.12 bits per heavy atom. The zero-order chi connectivity index (χ0) is 11.5. The smallest absolute Gasteiger partial charge is 0.219 e. The number of likely N-dealkylation sites (tertiary alicyclic amines) is 1. The molecule has 1 saturated carbocycles. The third-order valence-electron chi connectivity index (χ3n) is 4.30. The molecule has 1 aliphatic carbocycles. The van der Waals surface area contributed by atoms with Gasteiger partial charge in [0.15, 0.2) is 0 Å². The van der Waals surface area contributed by atoms with Gasteiger partial charge in [0.1, 0.15) is 0 Å². The first-order valence-corrected chi connectivity index (χ1v) is 6.67. The number of carbonyl (C=O) groups is 1. The fourth-order valence-electron chi connectivity index (χ4n) is 3.28. The molecule has 3 heteroatoms. The van der Waals surface area contributed by atoms with Crippen LogP contribution in [-0.4, -0.2) is 47.9 Å². The summed E-state index contributed by atoms with van der Waals surface area (Å²) in [6.45, 7) is 4.18. The van der Waals surface area contributed by atoms with E-state index in [1.165, 1.54) is 51.6 Å². The molecule has 2 rings (SSSR count). The fourth-order valence-corrected chi connectivity index (χ4v) is 3.28. The second-order valence-electron chi connectivity index (χ2n) is 5.29. The molecule has 2 fully saturated rings. The van der Waals surface area contributed by atoms with Crippen LogP contribution in [0.15, 0.2) is 0 Å². The van der Waals surface area contributed by atoms with Gasteiger partial charge in [0.2, 0.25) is 5.91 Å². The standard InChI is InChI=1S/C13H24N2O/c1-11(16)14(2)12-7-3-4-8-13(12)15-9-5-6-10-15/h12-13H,3-10H2,1-2H3/t12-,13+/m0/s1. The zero-order valence-electron chi connectivity index (χ0n) is 10.6. The van der Waals surface area contributed by atoms with Gasteiger partial charge in [-0.3, -0.25) is 9.69 Å². The summed E-state index contributed by atoms with van der Waals surface area (Å²) >= 11 is 0. The number of amides is 1. The minimum absolute atomic E-state index is 0.219. The highest BCUT2D eigenvalue weighted by molar-refractivity contribution is 5.73. The predicted octanol–water partition coefficient (Wildman–Crippen LogP) is 1.87. The van der Waals surface area contributed by atoms with E-state index in [2.05, 4.69) is 4.90 Å². The first-order chi connectivity index (χ1) is 7.70. The van der Waals surface area contributed by atoms with Crippen molar-refractivity contribution in [3.8, 4) is 0 Å². The molecule has 1 heterocycles. The molecular weight excluding hydrogens is 200 g/mol. The lowest BCUT2D eigenvalue weighted by Gasteiger charge is -2.42. The summed E-state index contributed by atoms with van der Waals surface area (Å²) in [5.41, 5.74) is 0. The van der Waals surface area contributed by atoms with E-state index in [1.54, 1.807) is 6.92 Å². The lowest BCUT2D eigenvalue weighted by Crippen LogP contribution is -2.52. The molecule has 0 aromatic carbocycles. The number of rotatable bonds is 2. The number of likely N-dealkylation sites (N-methyl/N-ethyl adjacent to an activating group) is 1. The summed E-state index contributed by atoms with van der Waals surface area (Å²) in [7, 11) is 1.97. The van der Waals surface area contributed by atoms with Gasteiger partial charge in [-0.1, -0.05) is 12.8 Å². The summed E-state index contributed by atoms with van der Waals surface area (Å²) < 4.78 is 0. The summed E-state index contributed by atoms with van der Waals surface area (Å²) in [5.74, 6) is 0.219. The molecule has 0 radical (unpaired) electrons. The Morgan fingerprint density at radius 3 is 2.38 bits per heavy atom. The highest BCUT2D eigenvalue weighted by atomic mass is 16.2. The van der Waals surface area contributed by atoms with Crippen LogP contribution in [0.2, 0.25) is 0 Å². The van der Waals surface area contributed by atoms with Crippen molar-refractivity contribution in [3.63, 3.8) is 0 Å². The second-order valence-corrected chi connectivity index (χ2v) is 5.29. The Bertz CT molecular complexity index is 248. The Balaban J connectivity index is 2.03. The minimum Gasteiger partial charge on any atom is -0.341 e. The van der Waals surface area contributed by atoms with E-state index in [4.69, 9.17) is 0 Å². The van der Waals surface area contributed by atoms with Gasteiger partial charge in [-0.25, -0.2) is 0 Å². The van der Waals surface area contributed by atoms with Crippen molar-refractivity contribution in [2.45, 2.75) is 57.5 Å². The number of hydrogen-bond acceptors (Lipinski definition) is 2. The first-order valence-electron chi connectivity index (χ1n) is 6.67. The van der Waals surface area contributed by atoms with Gasteiger partial charge in [0.25, 0.3) is 0 Å². The summed E-state index contributed by atoms with van der Waals surface area (Å²) in [5, 5.41) is 0. The summed E-state index contributed by atoms with van der Waals surface area (Å²) in [6, 6.07) is 1.09. The molecule has 0 bridgehead atoms. The molecule has 1 saturated heterocycles. The Hall–Kier alpha value is -0.570. The number of nitrogens with zero attached hydrogens (tertiary/aromatic N) is 2. The Morgan fingerprint density at radius 2 is 1.75 bits per heavy atom. The topological polar surface area (TPSA) is 23.6 Å². The van der Waals surface area contributed by atoms with E-state index < -0.39 is 0 Å². The van der Waals surface area contributed by atoms with E-state index in [-0.39, 0.29) is 5.91 Å². The van der Waals surface area contributed by atoms with E-state index in [9.17, 15) is 4.79 Å². The molecule has 2 aliphatic rings. The maximum Gasteiger partial charge on any atom is 0.219 e. The fraction of sp³-hybridized carbons (Fsp3) is 0.923. The van der Waals surface area contributed by atoms with Gasteiger partial charge in [-0.15, -0.1) is 0 Å². The van der Waals surface area contributed by atoms with Crippen molar-refractivity contribution in [1.82, 2.24) is 9.80 Å². The van der Waals surface area contributed by atoms with Gasteiger partial charge < -0.3 is 4.90 Å². The molecule has 16 heavy (non-hydrogen) atoms. The molecule has 0 N–H and O–H groups in total. The third kappa shape index (κ3) is 2.40. The van der Waals surface area contributed by atoms with Crippen molar-refractivity contribution >= 4 is 5.91 Å². The van der Waals surface area contributed by atoms with Crippen LogP contribution in [0.5, 0.6) is 0 Å². The molecule has 0 aromatic heterocycles. The Kier molecular flexibility index (Phi) is 3.85. The van der Waals surface area contributed by atoms with Gasteiger partial charge in [0, 0.05) is 26.1 Å². The van der Waals surface area contributed by atoms with Gasteiger partial charge in [-0.2, -0.15) is 0 Å². The van der Waals surface area contributed by atoms with Crippen molar-refractivity contribution in [3.05, 3.63) is 0 Å². The summed E-state index contributed by atoms with van der Waals surface area (Å²) in [4.78, 5) is 16.1. The van der Waals surface area contributed by atoms with E-state index in [1.807, 2.05) is 11.9 Å². The molecule has 1 amide bonds. The van der Waals surface area contributed by atoms with Crippen molar-refractivity contribution in [1.29, 1.82) is 0 Å². The van der Waals surface area contributed by atoms with Crippen LogP contribution < -0.4 is 0 Å². The van der Waals surface area contributed by atoms with Gasteiger partial charge in [0.05, 0.1) is 0 Å². The SMILES string of the molecule is CC(=O)N(C)[C@H]1CCCC[C@H]1N1CCCC1. The average Bonchev–Trinajstić information content (AvgIpc) is 2.81. The van der Waals surface area contributed by atoms with Crippen LogP contribution in [0.4, 0.5) is 0 Å². The normalized spacial score (nSPS) is 31.6. The predicted molar refractivity (Wildman–Crippen MR) is 65.3 cm³/mol. The molecule has 2 atom stereocenters. The molecule has 0 aromatic rings. The molecule has 0 unspecified atom stereocenters. The first kappa shape index (κ1) is 11.9. The van der Waals surface area contributed by atoms with Gasteiger partial charge in [-0.05, 0) is 38.8 Å². The van der Waals surface area contributed by atoms with Crippen LogP contribution in [-0.2, 0) is 4.79 Å². The Labute approximate surface area is 98.8 Å². The highest BCUT2D eigenvalue weighted by Gasteiger charge is 2.34. The quantitative estimate of drug-likeness (QED) is 0.715. The van der Waals surface area contributed by atoms with Gasteiger partial charge >= 0.3 is 0 Å².